The van der Waals surface area contributed by atoms with Gasteiger partial charge in [0.1, 0.15) is 0 Å². The van der Waals surface area contributed by atoms with Gasteiger partial charge in [0.25, 0.3) is 0 Å². The van der Waals surface area contributed by atoms with Crippen LogP contribution in [0.5, 0.6) is 0 Å². The minimum Gasteiger partial charge on any atom is -0.481 e. The van der Waals surface area contributed by atoms with Gasteiger partial charge in [-0.1, -0.05) is 116 Å². The van der Waals surface area contributed by atoms with Crippen molar-refractivity contribution in [1.82, 2.24) is 0 Å². The van der Waals surface area contributed by atoms with E-state index in [4.69, 9.17) is 9.84 Å². The Morgan fingerprint density at radius 2 is 1.40 bits per heavy atom. The Hall–Kier alpha value is -3.73. The van der Waals surface area contributed by atoms with E-state index in [2.05, 4.69) is 51.2 Å². The van der Waals surface area contributed by atoms with Crippen LogP contribution in [-0.4, -0.2) is 28.9 Å². The van der Waals surface area contributed by atoms with Crippen LogP contribution in [0.4, 0.5) is 0 Å². The lowest BCUT2D eigenvalue weighted by atomic mass is 9.71. The maximum absolute atomic E-state index is 12.9. The molecule has 0 radical (unpaired) electrons. The number of carboxylic acid groups (broad SMARTS) is 1. The van der Waals surface area contributed by atoms with E-state index in [9.17, 15) is 14.4 Å². The van der Waals surface area contributed by atoms with Crippen LogP contribution in [-0.2, 0) is 19.1 Å². The van der Waals surface area contributed by atoms with Crippen LogP contribution < -0.4 is 0 Å². The number of aliphatic carboxylic acids is 1. The topological polar surface area (TPSA) is 80.7 Å². The molecule has 0 bridgehead atoms. The largest absolute Gasteiger partial charge is 0.481 e. The van der Waals surface area contributed by atoms with Crippen molar-refractivity contribution in [3.63, 3.8) is 0 Å². The number of rotatable bonds is 13. The van der Waals surface area contributed by atoms with E-state index >= 15 is 0 Å². The van der Waals surface area contributed by atoms with E-state index in [-0.39, 0.29) is 24.0 Å². The Bertz CT molecular complexity index is 1210. The zero-order chi connectivity index (χ0) is 30.3. The first-order chi connectivity index (χ1) is 18.8. The summed E-state index contributed by atoms with van der Waals surface area (Å²) in [5, 5.41) is 8.76. The van der Waals surface area contributed by atoms with Gasteiger partial charge in [-0.2, -0.15) is 0 Å². The minimum absolute atomic E-state index is 0.234. The number of Topliss-reactive ketones (excluding diaryl/α,β-unsaturated/α-hetero) is 1. The van der Waals surface area contributed by atoms with Gasteiger partial charge in [0, 0.05) is 6.42 Å². The molecule has 0 spiro atoms. The van der Waals surface area contributed by atoms with Crippen LogP contribution in [0.1, 0.15) is 81.1 Å². The molecule has 5 nitrogen and oxygen atoms in total. The number of ether oxygens (including phenoxy) is 1. The van der Waals surface area contributed by atoms with Crippen molar-refractivity contribution >= 4 is 17.7 Å². The van der Waals surface area contributed by atoms with Crippen LogP contribution in [0, 0.1) is 5.41 Å². The van der Waals surface area contributed by atoms with Gasteiger partial charge in [0.05, 0.1) is 12.8 Å². The van der Waals surface area contributed by atoms with E-state index in [1.165, 1.54) is 11.1 Å². The smallest absolute Gasteiger partial charge is 0.307 e. The lowest BCUT2D eigenvalue weighted by Gasteiger charge is -2.36. The van der Waals surface area contributed by atoms with Crippen molar-refractivity contribution in [2.75, 3.05) is 0 Å². The van der Waals surface area contributed by atoms with Gasteiger partial charge in [-0.15, -0.1) is 0 Å². The van der Waals surface area contributed by atoms with Gasteiger partial charge in [-0.3, -0.25) is 14.4 Å². The molecular weight excluding hydrogens is 500 g/mol. The van der Waals surface area contributed by atoms with E-state index < -0.39 is 18.0 Å². The summed E-state index contributed by atoms with van der Waals surface area (Å²) < 4.78 is 5.33. The Balaban J connectivity index is 2.82. The Labute approximate surface area is 240 Å². The summed E-state index contributed by atoms with van der Waals surface area (Å²) in [6, 6.07) is 0. The number of esters is 1. The van der Waals surface area contributed by atoms with Crippen LogP contribution >= 0.6 is 0 Å². The molecule has 1 N–H and O–H groups in total. The fourth-order valence-electron chi connectivity index (χ4n) is 4.05. The molecule has 0 amide bonds. The molecule has 40 heavy (non-hydrogen) atoms. The van der Waals surface area contributed by atoms with Gasteiger partial charge < -0.3 is 9.84 Å². The average Bonchev–Trinajstić information content (AvgIpc) is 2.88. The quantitative estimate of drug-likeness (QED) is 0.185. The normalized spacial score (nSPS) is 19.6. The molecule has 1 atom stereocenters. The van der Waals surface area contributed by atoms with Gasteiger partial charge in [-0.05, 0) is 57.6 Å². The molecule has 0 heterocycles. The molecule has 0 saturated carbocycles. The summed E-state index contributed by atoms with van der Waals surface area (Å²) in [6.45, 7) is 16.2. The highest BCUT2D eigenvalue weighted by Crippen LogP contribution is 2.40. The van der Waals surface area contributed by atoms with Crippen molar-refractivity contribution in [1.29, 1.82) is 0 Å². The monoisotopic (exact) mass is 546 g/mol. The molecule has 0 aromatic rings. The maximum atomic E-state index is 12.9. The second-order valence-electron chi connectivity index (χ2n) is 10.9. The zero-order valence-electron chi connectivity index (χ0n) is 25.4. The maximum Gasteiger partial charge on any atom is 0.307 e. The molecule has 0 aromatic heterocycles. The second kappa shape index (κ2) is 17.1. The SMILES string of the molecule is CC/C(C)=C/C=C/C(C)=C/C=C/C=C(C)/C=C/C=C(C)/C=C/C1=C(C)C(=O)C(OC(=O)CCC(=O)O)CC1(C)C. The Morgan fingerprint density at radius 1 is 0.875 bits per heavy atom. The Morgan fingerprint density at radius 3 is 1.95 bits per heavy atom. The van der Waals surface area contributed by atoms with Crippen molar-refractivity contribution in [2.45, 2.75) is 87.2 Å². The number of carbonyl (C=O) groups is 3. The summed E-state index contributed by atoms with van der Waals surface area (Å²) in [4.78, 5) is 35.6. The number of ketones is 1. The molecule has 1 aliphatic rings. The zero-order valence-corrected chi connectivity index (χ0v) is 25.4. The summed E-state index contributed by atoms with van der Waals surface area (Å²) in [7, 11) is 0. The molecule has 0 fully saturated rings. The fraction of sp³-hybridized carbons (Fsp3) is 0.400. The fourth-order valence-corrected chi connectivity index (χ4v) is 4.05. The molecule has 1 rings (SSSR count). The lowest BCUT2D eigenvalue weighted by Crippen LogP contribution is -2.39. The molecule has 0 aromatic carbocycles. The van der Waals surface area contributed by atoms with Crippen molar-refractivity contribution in [3.8, 4) is 0 Å². The highest BCUT2D eigenvalue weighted by Gasteiger charge is 2.39. The van der Waals surface area contributed by atoms with Crippen LogP contribution in [0.15, 0.2) is 106 Å². The number of carbonyl (C=O) groups excluding carboxylic acids is 2. The molecule has 216 valence electrons. The first-order valence-electron chi connectivity index (χ1n) is 13.8. The highest BCUT2D eigenvalue weighted by atomic mass is 16.5. The predicted octanol–water partition coefficient (Wildman–Crippen LogP) is 8.50. The molecule has 5 heteroatoms. The predicted molar refractivity (Wildman–Crippen MR) is 165 cm³/mol. The van der Waals surface area contributed by atoms with E-state index in [0.717, 1.165) is 23.1 Å². The molecule has 1 aliphatic carbocycles. The lowest BCUT2D eigenvalue weighted by molar-refractivity contribution is -0.157. The summed E-state index contributed by atoms with van der Waals surface area (Å²) in [6.07, 6.45) is 24.5. The van der Waals surface area contributed by atoms with E-state index in [1.54, 1.807) is 6.92 Å². The number of allylic oxidation sites excluding steroid dienone is 17. The van der Waals surface area contributed by atoms with Gasteiger partial charge >= 0.3 is 11.9 Å². The second-order valence-corrected chi connectivity index (χ2v) is 10.9. The summed E-state index contributed by atoms with van der Waals surface area (Å²) in [5.74, 6) is -1.97. The molecule has 0 saturated heterocycles. The van der Waals surface area contributed by atoms with Crippen molar-refractivity contribution < 1.29 is 24.2 Å². The highest BCUT2D eigenvalue weighted by molar-refractivity contribution is 6.01. The first kappa shape index (κ1) is 34.3. The Kier molecular flexibility index (Phi) is 14.6. The standard InChI is InChI=1S/C35H46O5/c1-9-25(2)16-12-17-26(3)14-10-11-15-27(4)18-13-19-28(5)20-21-30-29(6)34(39)31(24-35(30,7)8)40-33(38)23-22-32(36)37/h10-21,31H,9,22-24H2,1-8H3,(H,36,37)/b11-10+,17-12+,18-13+,21-20+,25-16+,26-14+,27-15+,28-19+. The summed E-state index contributed by atoms with van der Waals surface area (Å²) in [5.41, 5.74) is 5.77. The van der Waals surface area contributed by atoms with Crippen LogP contribution in [0.3, 0.4) is 0 Å². The minimum atomic E-state index is -1.07. The van der Waals surface area contributed by atoms with Gasteiger partial charge in [-0.25, -0.2) is 0 Å². The number of carboxylic acids is 1. The first-order valence-corrected chi connectivity index (χ1v) is 13.8. The summed E-state index contributed by atoms with van der Waals surface area (Å²) >= 11 is 0. The third-order valence-corrected chi connectivity index (χ3v) is 6.67. The van der Waals surface area contributed by atoms with E-state index in [1.807, 2.05) is 70.2 Å². The molecular formula is C35H46O5. The van der Waals surface area contributed by atoms with Crippen LogP contribution in [0.2, 0.25) is 0 Å². The van der Waals surface area contributed by atoms with Gasteiger partial charge in [0.2, 0.25) is 0 Å². The van der Waals surface area contributed by atoms with Crippen molar-refractivity contribution in [2.24, 2.45) is 5.41 Å². The molecule has 0 aliphatic heterocycles. The average molecular weight is 547 g/mol. The van der Waals surface area contributed by atoms with Crippen molar-refractivity contribution in [3.05, 3.63) is 106 Å². The van der Waals surface area contributed by atoms with E-state index in [0.29, 0.717) is 12.0 Å². The number of hydrogen-bond donors (Lipinski definition) is 1. The third-order valence-electron chi connectivity index (χ3n) is 6.67. The third kappa shape index (κ3) is 12.9. The van der Waals surface area contributed by atoms with Gasteiger partial charge in [0.15, 0.2) is 11.9 Å². The molecule has 1 unspecified atom stereocenters. The van der Waals surface area contributed by atoms with Crippen LogP contribution in [0.25, 0.3) is 0 Å². The number of hydrogen-bond acceptors (Lipinski definition) is 4.